The lowest BCUT2D eigenvalue weighted by atomic mass is 10.1. The third kappa shape index (κ3) is 3.36. The molecule has 0 radical (unpaired) electrons. The van der Waals surface area contributed by atoms with E-state index >= 15 is 0 Å². The molecule has 0 aliphatic rings. The summed E-state index contributed by atoms with van der Waals surface area (Å²) in [6.45, 7) is 2.01. The van der Waals surface area contributed by atoms with Crippen molar-refractivity contribution in [3.63, 3.8) is 0 Å². The van der Waals surface area contributed by atoms with Crippen molar-refractivity contribution in [2.45, 2.75) is 13.3 Å². The van der Waals surface area contributed by atoms with Crippen LogP contribution in [0.25, 0.3) is 0 Å². The highest BCUT2D eigenvalue weighted by Gasteiger charge is 2.18. The summed E-state index contributed by atoms with van der Waals surface area (Å²) in [5, 5.41) is 19.9. The molecule has 0 spiro atoms. The normalized spacial score (nSPS) is 10.1. The first-order chi connectivity index (χ1) is 10.0. The average Bonchev–Trinajstić information content (AvgIpc) is 2.47. The Bertz CT molecular complexity index is 679. The minimum Gasteiger partial charge on any atom is -0.478 e. The SMILES string of the molecule is CCc1ccc(Oc2cc(C(=O)O)ccc2[N+](=O)[O-])cc1. The van der Waals surface area contributed by atoms with Crippen LogP contribution in [0.3, 0.4) is 0 Å². The Morgan fingerprint density at radius 1 is 1.24 bits per heavy atom. The van der Waals surface area contributed by atoms with Crippen molar-refractivity contribution in [2.75, 3.05) is 0 Å². The van der Waals surface area contributed by atoms with Gasteiger partial charge in [-0.3, -0.25) is 10.1 Å². The number of nitro groups is 1. The number of carbonyl (C=O) groups is 1. The molecule has 0 saturated heterocycles. The van der Waals surface area contributed by atoms with E-state index in [4.69, 9.17) is 9.84 Å². The van der Waals surface area contributed by atoms with Gasteiger partial charge < -0.3 is 9.84 Å². The van der Waals surface area contributed by atoms with Crippen molar-refractivity contribution >= 4 is 11.7 Å². The molecule has 6 heteroatoms. The van der Waals surface area contributed by atoms with Crippen LogP contribution in [-0.4, -0.2) is 16.0 Å². The van der Waals surface area contributed by atoms with E-state index in [-0.39, 0.29) is 17.0 Å². The summed E-state index contributed by atoms with van der Waals surface area (Å²) in [4.78, 5) is 21.3. The Labute approximate surface area is 120 Å². The molecule has 0 saturated carbocycles. The minimum atomic E-state index is -1.17. The zero-order valence-corrected chi connectivity index (χ0v) is 11.3. The molecule has 0 bridgehead atoms. The van der Waals surface area contributed by atoms with E-state index in [1.54, 1.807) is 12.1 Å². The number of hydrogen-bond donors (Lipinski definition) is 1. The maximum absolute atomic E-state index is 11.0. The Hall–Kier alpha value is -2.89. The molecule has 0 fully saturated rings. The van der Waals surface area contributed by atoms with Gasteiger partial charge in [0.1, 0.15) is 5.75 Å². The number of aryl methyl sites for hydroxylation is 1. The summed E-state index contributed by atoms with van der Waals surface area (Å²) in [6.07, 6.45) is 0.870. The molecular weight excluding hydrogens is 274 g/mol. The monoisotopic (exact) mass is 287 g/mol. The molecule has 0 unspecified atom stereocenters. The molecule has 2 rings (SSSR count). The van der Waals surface area contributed by atoms with Crippen molar-refractivity contribution < 1.29 is 19.6 Å². The summed E-state index contributed by atoms with van der Waals surface area (Å²) in [5.74, 6) is -0.849. The first-order valence-electron chi connectivity index (χ1n) is 6.29. The third-order valence-corrected chi connectivity index (χ3v) is 2.96. The van der Waals surface area contributed by atoms with Crippen LogP contribution in [0.4, 0.5) is 5.69 Å². The minimum absolute atomic E-state index is 0.0687. The van der Waals surface area contributed by atoms with Gasteiger partial charge >= 0.3 is 11.7 Å². The lowest BCUT2D eigenvalue weighted by Crippen LogP contribution is -1.99. The van der Waals surface area contributed by atoms with E-state index in [2.05, 4.69) is 0 Å². The van der Waals surface area contributed by atoms with E-state index in [9.17, 15) is 14.9 Å². The highest BCUT2D eigenvalue weighted by Crippen LogP contribution is 2.32. The fourth-order valence-electron chi connectivity index (χ4n) is 1.80. The first-order valence-corrected chi connectivity index (χ1v) is 6.29. The van der Waals surface area contributed by atoms with Gasteiger partial charge in [0, 0.05) is 12.1 Å². The smallest absolute Gasteiger partial charge is 0.335 e. The fraction of sp³-hybridized carbons (Fsp3) is 0.133. The second kappa shape index (κ2) is 6.04. The van der Waals surface area contributed by atoms with Gasteiger partial charge in [0.25, 0.3) is 0 Å². The number of ether oxygens (including phenoxy) is 1. The van der Waals surface area contributed by atoms with Crippen molar-refractivity contribution in [2.24, 2.45) is 0 Å². The van der Waals surface area contributed by atoms with Gasteiger partial charge in [-0.25, -0.2) is 4.79 Å². The number of carboxylic acids is 1. The zero-order chi connectivity index (χ0) is 15.4. The van der Waals surface area contributed by atoms with E-state index < -0.39 is 10.9 Å². The fourth-order valence-corrected chi connectivity index (χ4v) is 1.80. The van der Waals surface area contributed by atoms with Gasteiger partial charge in [-0.15, -0.1) is 0 Å². The van der Waals surface area contributed by atoms with Gasteiger partial charge in [-0.1, -0.05) is 19.1 Å². The second-order valence-electron chi connectivity index (χ2n) is 4.34. The van der Waals surface area contributed by atoms with Crippen LogP contribution in [0.1, 0.15) is 22.8 Å². The standard InChI is InChI=1S/C15H13NO5/c1-2-10-3-6-12(7-4-10)21-14-9-11(15(17)18)5-8-13(14)16(19)20/h3-9H,2H2,1H3,(H,17,18). The van der Waals surface area contributed by atoms with Gasteiger partial charge in [0.05, 0.1) is 10.5 Å². The number of hydrogen-bond acceptors (Lipinski definition) is 4. The number of aromatic carboxylic acids is 1. The Balaban J connectivity index is 2.37. The predicted octanol–water partition coefficient (Wildman–Crippen LogP) is 3.65. The van der Waals surface area contributed by atoms with Crippen molar-refractivity contribution in [3.8, 4) is 11.5 Å². The quantitative estimate of drug-likeness (QED) is 0.669. The molecule has 6 nitrogen and oxygen atoms in total. The summed E-state index contributed by atoms with van der Waals surface area (Å²) in [6, 6.07) is 10.5. The molecule has 21 heavy (non-hydrogen) atoms. The van der Waals surface area contributed by atoms with Crippen LogP contribution < -0.4 is 4.74 Å². The van der Waals surface area contributed by atoms with Crippen LogP contribution >= 0.6 is 0 Å². The number of nitrogens with zero attached hydrogens (tertiary/aromatic N) is 1. The van der Waals surface area contributed by atoms with E-state index in [0.29, 0.717) is 5.75 Å². The lowest BCUT2D eigenvalue weighted by Gasteiger charge is -2.07. The van der Waals surface area contributed by atoms with Crippen molar-refractivity contribution in [3.05, 3.63) is 63.7 Å². The van der Waals surface area contributed by atoms with Crippen LogP contribution in [0.2, 0.25) is 0 Å². The van der Waals surface area contributed by atoms with Crippen LogP contribution in [0.15, 0.2) is 42.5 Å². The summed E-state index contributed by atoms with van der Waals surface area (Å²) >= 11 is 0. The van der Waals surface area contributed by atoms with Crippen LogP contribution in [0.5, 0.6) is 11.5 Å². The Morgan fingerprint density at radius 2 is 1.90 bits per heavy atom. The molecule has 0 atom stereocenters. The van der Waals surface area contributed by atoms with Gasteiger partial charge in [-0.05, 0) is 30.2 Å². The summed E-state index contributed by atoms with van der Waals surface area (Å²) in [7, 11) is 0. The average molecular weight is 287 g/mol. The molecule has 2 aromatic carbocycles. The second-order valence-corrected chi connectivity index (χ2v) is 4.34. The molecule has 0 aliphatic carbocycles. The Kier molecular flexibility index (Phi) is 4.18. The van der Waals surface area contributed by atoms with Gasteiger partial charge in [-0.2, -0.15) is 0 Å². The predicted molar refractivity (Wildman–Crippen MR) is 75.9 cm³/mol. The molecule has 2 aromatic rings. The lowest BCUT2D eigenvalue weighted by molar-refractivity contribution is -0.385. The van der Waals surface area contributed by atoms with Gasteiger partial charge in [0.15, 0.2) is 0 Å². The first kappa shape index (κ1) is 14.5. The number of rotatable bonds is 5. The largest absolute Gasteiger partial charge is 0.478 e. The maximum Gasteiger partial charge on any atom is 0.335 e. The molecule has 0 amide bonds. The molecule has 0 aromatic heterocycles. The van der Waals surface area contributed by atoms with E-state index in [1.165, 1.54) is 6.07 Å². The third-order valence-electron chi connectivity index (χ3n) is 2.96. The number of nitro benzene ring substituents is 1. The highest BCUT2D eigenvalue weighted by atomic mass is 16.6. The highest BCUT2D eigenvalue weighted by molar-refractivity contribution is 5.88. The number of benzene rings is 2. The zero-order valence-electron chi connectivity index (χ0n) is 11.3. The molecule has 0 heterocycles. The topological polar surface area (TPSA) is 89.7 Å². The summed E-state index contributed by atoms with van der Waals surface area (Å²) in [5.41, 5.74) is 0.761. The molecule has 0 aliphatic heterocycles. The molecule has 108 valence electrons. The van der Waals surface area contributed by atoms with Crippen molar-refractivity contribution in [1.82, 2.24) is 0 Å². The summed E-state index contributed by atoms with van der Waals surface area (Å²) < 4.78 is 5.46. The van der Waals surface area contributed by atoms with E-state index in [1.807, 2.05) is 19.1 Å². The molecule has 1 N–H and O–H groups in total. The van der Waals surface area contributed by atoms with Gasteiger partial charge in [0.2, 0.25) is 5.75 Å². The Morgan fingerprint density at radius 3 is 2.43 bits per heavy atom. The maximum atomic E-state index is 11.0. The number of carboxylic acid groups (broad SMARTS) is 1. The molecular formula is C15H13NO5. The van der Waals surface area contributed by atoms with Crippen LogP contribution in [0, 0.1) is 10.1 Å². The van der Waals surface area contributed by atoms with Crippen molar-refractivity contribution in [1.29, 1.82) is 0 Å². The van der Waals surface area contributed by atoms with Crippen LogP contribution in [-0.2, 0) is 6.42 Å². The van der Waals surface area contributed by atoms with E-state index in [0.717, 1.165) is 24.1 Å².